The predicted molar refractivity (Wildman–Crippen MR) is 107 cm³/mol. The Hall–Kier alpha value is -1.49. The molecule has 0 bridgehead atoms. The van der Waals surface area contributed by atoms with Crippen molar-refractivity contribution in [3.05, 3.63) is 53.6 Å². The van der Waals surface area contributed by atoms with Gasteiger partial charge >= 0.3 is 0 Å². The molecule has 2 aromatic carbocycles. The van der Waals surface area contributed by atoms with Crippen LogP contribution in [0.1, 0.15) is 18.1 Å². The second kappa shape index (κ2) is 8.75. The Bertz CT molecular complexity index is 696. The van der Waals surface area contributed by atoms with Gasteiger partial charge in [0.2, 0.25) is 0 Å². The standard InChI is InChI=1S/C21H28N2OS/c1-4-24-16-22-11-13-23(14-12-22)19-7-5-6-8-21(19)25-20-10-9-17(2)15-18(20)3/h5-10,15H,4,11-14,16H2,1-3H3. The molecule has 134 valence electrons. The Morgan fingerprint density at radius 1 is 0.960 bits per heavy atom. The van der Waals surface area contributed by atoms with E-state index in [0.29, 0.717) is 0 Å². The molecule has 25 heavy (non-hydrogen) atoms. The molecule has 1 aliphatic heterocycles. The van der Waals surface area contributed by atoms with Crippen molar-refractivity contribution in [2.45, 2.75) is 30.6 Å². The molecule has 3 rings (SSSR count). The van der Waals surface area contributed by atoms with E-state index < -0.39 is 0 Å². The van der Waals surface area contributed by atoms with Crippen molar-refractivity contribution in [1.82, 2.24) is 4.90 Å². The fraction of sp³-hybridized carbons (Fsp3) is 0.429. The minimum atomic E-state index is 0.753. The largest absolute Gasteiger partial charge is 0.368 e. The van der Waals surface area contributed by atoms with E-state index in [1.165, 1.54) is 26.6 Å². The second-order valence-electron chi connectivity index (χ2n) is 6.57. The summed E-state index contributed by atoms with van der Waals surface area (Å²) in [6, 6.07) is 15.5. The fourth-order valence-electron chi connectivity index (χ4n) is 3.18. The number of ether oxygens (including phenoxy) is 1. The van der Waals surface area contributed by atoms with Gasteiger partial charge < -0.3 is 9.64 Å². The molecule has 0 spiro atoms. The van der Waals surface area contributed by atoms with Gasteiger partial charge in [0.25, 0.3) is 0 Å². The molecule has 0 atom stereocenters. The average Bonchev–Trinajstić information content (AvgIpc) is 2.63. The lowest BCUT2D eigenvalue weighted by molar-refractivity contribution is 0.0326. The summed E-state index contributed by atoms with van der Waals surface area (Å²) < 4.78 is 5.54. The molecule has 0 aromatic heterocycles. The zero-order valence-electron chi connectivity index (χ0n) is 15.5. The van der Waals surface area contributed by atoms with Crippen LogP contribution in [-0.2, 0) is 4.74 Å². The van der Waals surface area contributed by atoms with Gasteiger partial charge in [-0.15, -0.1) is 0 Å². The molecule has 2 aromatic rings. The molecular weight excluding hydrogens is 328 g/mol. The second-order valence-corrected chi connectivity index (χ2v) is 7.65. The number of nitrogens with zero attached hydrogens (tertiary/aromatic N) is 2. The summed E-state index contributed by atoms with van der Waals surface area (Å²) in [6.45, 7) is 12.2. The predicted octanol–water partition coefficient (Wildman–Crippen LogP) is 4.57. The molecule has 0 radical (unpaired) electrons. The highest BCUT2D eigenvalue weighted by molar-refractivity contribution is 7.99. The van der Waals surface area contributed by atoms with Crippen LogP contribution >= 0.6 is 11.8 Å². The molecule has 1 aliphatic rings. The number of aryl methyl sites for hydroxylation is 2. The lowest BCUT2D eigenvalue weighted by atomic mass is 10.2. The Kier molecular flexibility index (Phi) is 6.40. The zero-order chi connectivity index (χ0) is 17.6. The molecule has 4 heteroatoms. The average molecular weight is 357 g/mol. The summed E-state index contributed by atoms with van der Waals surface area (Å²) in [4.78, 5) is 7.58. The molecule has 1 fully saturated rings. The van der Waals surface area contributed by atoms with Gasteiger partial charge in [-0.1, -0.05) is 41.6 Å². The minimum Gasteiger partial charge on any atom is -0.368 e. The molecule has 0 amide bonds. The van der Waals surface area contributed by atoms with Crippen molar-refractivity contribution in [2.24, 2.45) is 0 Å². The maximum Gasteiger partial charge on any atom is 0.0991 e. The third kappa shape index (κ3) is 4.78. The van der Waals surface area contributed by atoms with Crippen LogP contribution in [0.2, 0.25) is 0 Å². The molecule has 3 nitrogen and oxygen atoms in total. The number of piperazine rings is 1. The smallest absolute Gasteiger partial charge is 0.0991 e. The highest BCUT2D eigenvalue weighted by Crippen LogP contribution is 2.37. The van der Waals surface area contributed by atoms with Crippen LogP contribution in [0.15, 0.2) is 52.3 Å². The molecule has 0 aliphatic carbocycles. The van der Waals surface area contributed by atoms with Crippen molar-refractivity contribution in [1.29, 1.82) is 0 Å². The Morgan fingerprint density at radius 2 is 1.72 bits per heavy atom. The number of para-hydroxylation sites is 1. The quantitative estimate of drug-likeness (QED) is 0.753. The lowest BCUT2D eigenvalue weighted by Gasteiger charge is -2.36. The number of hydrogen-bond donors (Lipinski definition) is 0. The summed E-state index contributed by atoms with van der Waals surface area (Å²) in [5.41, 5.74) is 4.02. The van der Waals surface area contributed by atoms with Crippen LogP contribution in [-0.4, -0.2) is 44.4 Å². The van der Waals surface area contributed by atoms with Gasteiger partial charge in [-0.3, -0.25) is 4.90 Å². The molecular formula is C21H28N2OS. The maximum atomic E-state index is 5.54. The first-order valence-corrected chi connectivity index (χ1v) is 9.88. The molecule has 0 unspecified atom stereocenters. The van der Waals surface area contributed by atoms with E-state index in [1.54, 1.807) is 0 Å². The van der Waals surface area contributed by atoms with E-state index in [4.69, 9.17) is 4.74 Å². The van der Waals surface area contributed by atoms with E-state index >= 15 is 0 Å². The van der Waals surface area contributed by atoms with E-state index in [-0.39, 0.29) is 0 Å². The van der Waals surface area contributed by atoms with E-state index in [1.807, 2.05) is 11.8 Å². The first kappa shape index (κ1) is 18.3. The fourth-order valence-corrected chi connectivity index (χ4v) is 4.22. The molecule has 1 heterocycles. The Balaban J connectivity index is 1.71. The highest BCUT2D eigenvalue weighted by Gasteiger charge is 2.19. The third-order valence-electron chi connectivity index (χ3n) is 4.61. The van der Waals surface area contributed by atoms with Crippen molar-refractivity contribution in [3.63, 3.8) is 0 Å². The first-order valence-electron chi connectivity index (χ1n) is 9.06. The molecule has 0 N–H and O–H groups in total. The number of benzene rings is 2. The van der Waals surface area contributed by atoms with Crippen LogP contribution in [0.4, 0.5) is 5.69 Å². The Labute approximate surface area is 156 Å². The lowest BCUT2D eigenvalue weighted by Crippen LogP contribution is -2.47. The number of rotatable bonds is 6. The normalized spacial score (nSPS) is 15.6. The van der Waals surface area contributed by atoms with Gasteiger partial charge in [-0.25, -0.2) is 0 Å². The zero-order valence-corrected chi connectivity index (χ0v) is 16.3. The molecule has 1 saturated heterocycles. The SMILES string of the molecule is CCOCN1CCN(c2ccccc2Sc2ccc(C)cc2C)CC1. The van der Waals surface area contributed by atoms with Gasteiger partial charge in [0.1, 0.15) is 0 Å². The van der Waals surface area contributed by atoms with Gasteiger partial charge in [0, 0.05) is 42.6 Å². The van der Waals surface area contributed by atoms with Gasteiger partial charge in [0.15, 0.2) is 0 Å². The summed E-state index contributed by atoms with van der Waals surface area (Å²) in [7, 11) is 0. The summed E-state index contributed by atoms with van der Waals surface area (Å²) in [5, 5.41) is 0. The van der Waals surface area contributed by atoms with E-state index in [2.05, 4.69) is 73.0 Å². The summed E-state index contributed by atoms with van der Waals surface area (Å²) in [6.07, 6.45) is 0. The van der Waals surface area contributed by atoms with Gasteiger partial charge in [-0.2, -0.15) is 0 Å². The molecule has 0 saturated carbocycles. The van der Waals surface area contributed by atoms with Crippen molar-refractivity contribution in [3.8, 4) is 0 Å². The first-order chi connectivity index (χ1) is 12.2. The van der Waals surface area contributed by atoms with Crippen LogP contribution in [0, 0.1) is 13.8 Å². The van der Waals surface area contributed by atoms with Gasteiger partial charge in [-0.05, 0) is 44.5 Å². The maximum absolute atomic E-state index is 5.54. The van der Waals surface area contributed by atoms with E-state index in [0.717, 1.165) is 39.5 Å². The van der Waals surface area contributed by atoms with Crippen molar-refractivity contribution in [2.75, 3.05) is 44.4 Å². The number of anilines is 1. The summed E-state index contributed by atoms with van der Waals surface area (Å²) in [5.74, 6) is 0. The minimum absolute atomic E-state index is 0.753. The van der Waals surface area contributed by atoms with Crippen molar-refractivity contribution >= 4 is 17.4 Å². The monoisotopic (exact) mass is 356 g/mol. The topological polar surface area (TPSA) is 15.7 Å². The van der Waals surface area contributed by atoms with E-state index in [9.17, 15) is 0 Å². The van der Waals surface area contributed by atoms with Crippen LogP contribution in [0.5, 0.6) is 0 Å². The highest BCUT2D eigenvalue weighted by atomic mass is 32.2. The third-order valence-corrected chi connectivity index (χ3v) is 5.85. The summed E-state index contributed by atoms with van der Waals surface area (Å²) >= 11 is 1.88. The number of hydrogen-bond acceptors (Lipinski definition) is 4. The van der Waals surface area contributed by atoms with Crippen LogP contribution < -0.4 is 4.90 Å². The van der Waals surface area contributed by atoms with Gasteiger partial charge in [0.05, 0.1) is 12.4 Å². The van der Waals surface area contributed by atoms with Crippen LogP contribution in [0.3, 0.4) is 0 Å². The Morgan fingerprint density at radius 3 is 2.44 bits per heavy atom. The van der Waals surface area contributed by atoms with Crippen LogP contribution in [0.25, 0.3) is 0 Å². The van der Waals surface area contributed by atoms with Crippen molar-refractivity contribution < 1.29 is 4.74 Å².